The number of aromatic amines is 1. The molecular weight excluding hydrogens is 308 g/mol. The van der Waals surface area contributed by atoms with Crippen molar-refractivity contribution in [3.8, 4) is 0 Å². The van der Waals surface area contributed by atoms with Gasteiger partial charge in [0.25, 0.3) is 5.91 Å². The number of aromatic nitrogens is 5. The molecule has 8 heteroatoms. The van der Waals surface area contributed by atoms with Crippen LogP contribution in [0.3, 0.4) is 0 Å². The zero-order valence-corrected chi connectivity index (χ0v) is 13.6. The van der Waals surface area contributed by atoms with Crippen LogP contribution < -0.4 is 5.43 Å². The molecule has 1 saturated heterocycles. The fourth-order valence-electron chi connectivity index (χ4n) is 3.41. The van der Waals surface area contributed by atoms with Gasteiger partial charge in [-0.3, -0.25) is 19.0 Å². The zero-order chi connectivity index (χ0) is 16.8. The van der Waals surface area contributed by atoms with E-state index in [1.54, 1.807) is 27.5 Å². The van der Waals surface area contributed by atoms with Gasteiger partial charge < -0.3 is 9.88 Å². The Hall–Kier alpha value is -2.90. The number of aryl methyl sites for hydroxylation is 2. The van der Waals surface area contributed by atoms with Gasteiger partial charge in [-0.25, -0.2) is 0 Å². The van der Waals surface area contributed by atoms with E-state index in [0.29, 0.717) is 17.6 Å². The van der Waals surface area contributed by atoms with Gasteiger partial charge >= 0.3 is 0 Å². The molecule has 1 N–H and O–H groups in total. The maximum Gasteiger partial charge on any atom is 0.259 e. The lowest BCUT2D eigenvalue weighted by atomic mass is 10.1. The number of likely N-dealkylation sites (tertiary alicyclic amines) is 1. The summed E-state index contributed by atoms with van der Waals surface area (Å²) in [5.74, 6) is -0.242. The molecule has 0 aliphatic carbocycles. The van der Waals surface area contributed by atoms with E-state index in [2.05, 4.69) is 15.2 Å². The second kappa shape index (κ2) is 5.33. The highest BCUT2D eigenvalue weighted by molar-refractivity contribution is 5.97. The van der Waals surface area contributed by atoms with Gasteiger partial charge in [0.1, 0.15) is 11.2 Å². The van der Waals surface area contributed by atoms with Crippen molar-refractivity contribution in [2.75, 3.05) is 6.54 Å². The molecular formula is C16H18N6O2. The Balaban J connectivity index is 1.73. The fraction of sp³-hybridized carbons (Fsp3) is 0.375. The van der Waals surface area contributed by atoms with Crippen LogP contribution in [0.5, 0.6) is 0 Å². The highest BCUT2D eigenvalue weighted by atomic mass is 16.2. The standard InChI is InChI=1S/C16H18N6O2/c1-20-9-10(6-18-20)13-4-3-5-22(13)16(24)12-7-17-15-11(14(12)23)8-19-21(15)2/h6-9,13H,3-5H2,1-2H3,(H,17,23)/t13-/m1/s1. The van der Waals surface area contributed by atoms with Crippen LogP contribution in [0.25, 0.3) is 11.0 Å². The highest BCUT2D eigenvalue weighted by Gasteiger charge is 2.32. The number of nitrogens with zero attached hydrogens (tertiary/aromatic N) is 5. The summed E-state index contributed by atoms with van der Waals surface area (Å²) in [5.41, 5.74) is 1.49. The van der Waals surface area contributed by atoms with Crippen LogP contribution in [0.4, 0.5) is 0 Å². The minimum Gasteiger partial charge on any atom is -0.345 e. The van der Waals surface area contributed by atoms with Gasteiger partial charge in [0.2, 0.25) is 5.43 Å². The number of amides is 1. The number of fused-ring (bicyclic) bond motifs is 1. The molecule has 1 atom stereocenters. The van der Waals surface area contributed by atoms with E-state index >= 15 is 0 Å². The smallest absolute Gasteiger partial charge is 0.259 e. The molecule has 1 amide bonds. The molecule has 124 valence electrons. The van der Waals surface area contributed by atoms with Crippen LogP contribution in [0.2, 0.25) is 0 Å². The molecule has 0 unspecified atom stereocenters. The summed E-state index contributed by atoms with van der Waals surface area (Å²) in [6.45, 7) is 0.642. The van der Waals surface area contributed by atoms with Gasteiger partial charge in [-0.1, -0.05) is 0 Å². The third-order valence-electron chi connectivity index (χ3n) is 4.63. The van der Waals surface area contributed by atoms with E-state index in [1.807, 2.05) is 13.2 Å². The Morgan fingerprint density at radius 3 is 2.88 bits per heavy atom. The van der Waals surface area contributed by atoms with Crippen molar-refractivity contribution in [3.63, 3.8) is 0 Å². The molecule has 0 spiro atoms. The van der Waals surface area contributed by atoms with Crippen molar-refractivity contribution >= 4 is 16.9 Å². The number of hydrogen-bond donors (Lipinski definition) is 1. The van der Waals surface area contributed by atoms with Crippen molar-refractivity contribution < 1.29 is 4.79 Å². The fourth-order valence-corrected chi connectivity index (χ4v) is 3.41. The van der Waals surface area contributed by atoms with Crippen molar-refractivity contribution in [1.82, 2.24) is 29.4 Å². The van der Waals surface area contributed by atoms with Crippen molar-refractivity contribution in [2.45, 2.75) is 18.9 Å². The number of rotatable bonds is 2. The van der Waals surface area contributed by atoms with Gasteiger partial charge in [0, 0.05) is 38.6 Å². The first-order chi connectivity index (χ1) is 11.6. The SMILES string of the molecule is Cn1cc([C@H]2CCCN2C(=O)c2c[nH]c3c(cnn3C)c2=O)cn1. The summed E-state index contributed by atoms with van der Waals surface area (Å²) in [6.07, 6.45) is 8.49. The van der Waals surface area contributed by atoms with Gasteiger partial charge in [-0.2, -0.15) is 10.2 Å². The second-order valence-electron chi connectivity index (χ2n) is 6.17. The molecule has 0 aromatic carbocycles. The van der Waals surface area contributed by atoms with Crippen LogP contribution in [0.1, 0.15) is 34.8 Å². The molecule has 0 radical (unpaired) electrons. The minimum atomic E-state index is -0.279. The Bertz CT molecular complexity index is 982. The van der Waals surface area contributed by atoms with E-state index in [-0.39, 0.29) is 22.9 Å². The lowest BCUT2D eigenvalue weighted by Crippen LogP contribution is -2.34. The average molecular weight is 326 g/mol. The number of H-pyrrole nitrogens is 1. The van der Waals surface area contributed by atoms with Crippen LogP contribution >= 0.6 is 0 Å². The lowest BCUT2D eigenvalue weighted by molar-refractivity contribution is 0.0734. The Labute approximate surface area is 137 Å². The van der Waals surface area contributed by atoms with Gasteiger partial charge in [0.05, 0.1) is 23.8 Å². The van der Waals surface area contributed by atoms with Crippen LogP contribution in [-0.2, 0) is 14.1 Å². The first-order valence-electron chi connectivity index (χ1n) is 7.89. The van der Waals surface area contributed by atoms with E-state index in [1.165, 1.54) is 12.4 Å². The molecule has 1 aliphatic rings. The largest absolute Gasteiger partial charge is 0.345 e. The molecule has 4 rings (SSSR count). The van der Waals surface area contributed by atoms with Gasteiger partial charge in [-0.15, -0.1) is 0 Å². The Kier molecular flexibility index (Phi) is 3.26. The first kappa shape index (κ1) is 14.7. The monoisotopic (exact) mass is 326 g/mol. The third-order valence-corrected chi connectivity index (χ3v) is 4.63. The normalized spacial score (nSPS) is 17.8. The van der Waals surface area contributed by atoms with Crippen molar-refractivity contribution in [2.24, 2.45) is 14.1 Å². The molecule has 1 aliphatic heterocycles. The van der Waals surface area contributed by atoms with Crippen LogP contribution in [0.15, 0.2) is 29.6 Å². The topological polar surface area (TPSA) is 88.8 Å². The maximum absolute atomic E-state index is 13.0. The average Bonchev–Trinajstić information content (AvgIpc) is 3.27. The molecule has 8 nitrogen and oxygen atoms in total. The number of carbonyl (C=O) groups excluding carboxylic acids is 1. The van der Waals surface area contributed by atoms with E-state index in [4.69, 9.17) is 0 Å². The van der Waals surface area contributed by atoms with Crippen LogP contribution in [0, 0.1) is 0 Å². The Morgan fingerprint density at radius 2 is 2.12 bits per heavy atom. The summed E-state index contributed by atoms with van der Waals surface area (Å²) in [4.78, 5) is 30.4. The summed E-state index contributed by atoms with van der Waals surface area (Å²) >= 11 is 0. The number of carbonyl (C=O) groups is 1. The predicted octanol–water partition coefficient (Wildman–Crippen LogP) is 0.972. The number of nitrogens with one attached hydrogen (secondary N) is 1. The Morgan fingerprint density at radius 1 is 1.29 bits per heavy atom. The molecule has 1 fully saturated rings. The second-order valence-corrected chi connectivity index (χ2v) is 6.17. The molecule has 3 aromatic heterocycles. The van der Waals surface area contributed by atoms with E-state index in [0.717, 1.165) is 18.4 Å². The van der Waals surface area contributed by atoms with Crippen LogP contribution in [-0.4, -0.2) is 41.9 Å². The summed E-state index contributed by atoms with van der Waals surface area (Å²) in [5, 5.41) is 8.69. The third kappa shape index (κ3) is 2.14. The summed E-state index contributed by atoms with van der Waals surface area (Å²) < 4.78 is 3.31. The quantitative estimate of drug-likeness (QED) is 0.760. The van der Waals surface area contributed by atoms with Crippen molar-refractivity contribution in [3.05, 3.63) is 46.1 Å². The first-order valence-corrected chi connectivity index (χ1v) is 7.89. The number of hydrogen-bond acceptors (Lipinski definition) is 4. The molecule has 3 aromatic rings. The maximum atomic E-state index is 13.0. The predicted molar refractivity (Wildman–Crippen MR) is 87.6 cm³/mol. The summed E-state index contributed by atoms with van der Waals surface area (Å²) in [7, 11) is 3.60. The zero-order valence-electron chi connectivity index (χ0n) is 13.6. The summed E-state index contributed by atoms with van der Waals surface area (Å²) in [6, 6.07) is -0.0322. The molecule has 4 heterocycles. The molecule has 0 bridgehead atoms. The van der Waals surface area contributed by atoms with Crippen molar-refractivity contribution in [1.29, 1.82) is 0 Å². The van der Waals surface area contributed by atoms with Gasteiger partial charge in [0.15, 0.2) is 0 Å². The molecule has 24 heavy (non-hydrogen) atoms. The van der Waals surface area contributed by atoms with Gasteiger partial charge in [-0.05, 0) is 12.8 Å². The van der Waals surface area contributed by atoms with E-state index < -0.39 is 0 Å². The van der Waals surface area contributed by atoms with E-state index in [9.17, 15) is 9.59 Å². The highest BCUT2D eigenvalue weighted by Crippen LogP contribution is 2.32. The lowest BCUT2D eigenvalue weighted by Gasteiger charge is -2.23. The molecule has 0 saturated carbocycles. The minimum absolute atomic E-state index is 0.0322. The number of pyridine rings is 1.